The highest BCUT2D eigenvalue weighted by molar-refractivity contribution is 6.12. The zero-order valence-corrected chi connectivity index (χ0v) is 20.4. The molecule has 0 saturated heterocycles. The third-order valence-corrected chi connectivity index (χ3v) is 6.40. The first-order valence-corrected chi connectivity index (χ1v) is 11.8. The van der Waals surface area contributed by atoms with Gasteiger partial charge in [0.2, 0.25) is 0 Å². The molecule has 1 aliphatic rings. The molecule has 5 rings (SSSR count). The van der Waals surface area contributed by atoms with E-state index < -0.39 is 5.97 Å². The van der Waals surface area contributed by atoms with E-state index in [0.29, 0.717) is 47.9 Å². The van der Waals surface area contributed by atoms with Crippen LogP contribution in [0.25, 0.3) is 10.8 Å². The van der Waals surface area contributed by atoms with Gasteiger partial charge >= 0.3 is 5.97 Å². The third-order valence-electron chi connectivity index (χ3n) is 6.40. The van der Waals surface area contributed by atoms with Gasteiger partial charge in [0.25, 0.3) is 5.91 Å². The molecule has 0 aliphatic carbocycles. The highest BCUT2D eigenvalue weighted by atomic mass is 16.5. The molecule has 0 fully saturated rings. The number of aryl methyl sites for hydroxylation is 1. The number of hydrogen-bond acceptors (Lipinski definition) is 6. The number of aromatic nitrogens is 2. The third kappa shape index (κ3) is 4.00. The zero-order chi connectivity index (χ0) is 25.4. The largest absolute Gasteiger partial charge is 0.493 e. The summed E-state index contributed by atoms with van der Waals surface area (Å²) in [5.74, 6) is 0.803. The number of anilines is 3. The lowest BCUT2D eigenvalue weighted by Crippen LogP contribution is -2.25. The van der Waals surface area contributed by atoms with Crippen molar-refractivity contribution in [3.63, 3.8) is 0 Å². The standard InChI is InChI=1S/C28H26N4O4/c1-4-32-25-22(27(33)31(3)23-11-9-17(2)30-26(23)32)15-18(16-29-25)13-14-36-24-12-10-21(28(34)35)19-7-5-6-8-20(19)24/h5-12,15-16H,4,13-14H2,1-3H3,(H,34,35). The molecule has 0 bridgehead atoms. The maximum Gasteiger partial charge on any atom is 0.336 e. The molecule has 8 heteroatoms. The van der Waals surface area contributed by atoms with E-state index in [1.54, 1.807) is 36.3 Å². The molecule has 1 aliphatic heterocycles. The van der Waals surface area contributed by atoms with Crippen LogP contribution in [0.2, 0.25) is 0 Å². The number of carbonyl (C=O) groups excluding carboxylic acids is 1. The van der Waals surface area contributed by atoms with Crippen molar-refractivity contribution in [2.24, 2.45) is 0 Å². The normalized spacial score (nSPS) is 12.8. The average molecular weight is 483 g/mol. The Bertz CT molecular complexity index is 1500. The molecule has 2 aromatic heterocycles. The lowest BCUT2D eigenvalue weighted by atomic mass is 10.0. The fourth-order valence-corrected chi connectivity index (χ4v) is 4.56. The molecule has 0 atom stereocenters. The summed E-state index contributed by atoms with van der Waals surface area (Å²) in [5, 5.41) is 10.9. The van der Waals surface area contributed by atoms with Gasteiger partial charge in [-0.15, -0.1) is 0 Å². The minimum atomic E-state index is -0.975. The topological polar surface area (TPSA) is 95.9 Å². The van der Waals surface area contributed by atoms with Gasteiger partial charge in [-0.05, 0) is 55.1 Å². The Hall–Kier alpha value is -4.46. The van der Waals surface area contributed by atoms with E-state index in [2.05, 4.69) is 4.98 Å². The summed E-state index contributed by atoms with van der Waals surface area (Å²) < 4.78 is 6.04. The monoisotopic (exact) mass is 482 g/mol. The van der Waals surface area contributed by atoms with Gasteiger partial charge in [-0.3, -0.25) is 4.79 Å². The van der Waals surface area contributed by atoms with E-state index in [0.717, 1.165) is 22.3 Å². The number of amides is 1. The van der Waals surface area contributed by atoms with E-state index in [9.17, 15) is 14.7 Å². The van der Waals surface area contributed by atoms with Gasteiger partial charge in [-0.25, -0.2) is 14.8 Å². The van der Waals surface area contributed by atoms with Crippen molar-refractivity contribution in [1.29, 1.82) is 0 Å². The highest BCUT2D eigenvalue weighted by Gasteiger charge is 2.30. The van der Waals surface area contributed by atoms with Crippen LogP contribution in [-0.2, 0) is 6.42 Å². The summed E-state index contributed by atoms with van der Waals surface area (Å²) in [6.45, 7) is 4.90. The van der Waals surface area contributed by atoms with Crippen molar-refractivity contribution in [2.45, 2.75) is 20.3 Å². The second kappa shape index (κ2) is 9.30. The van der Waals surface area contributed by atoms with Crippen molar-refractivity contribution >= 4 is 40.0 Å². The number of aromatic carboxylic acids is 1. The number of fused-ring (bicyclic) bond motifs is 3. The number of carboxylic acid groups (broad SMARTS) is 1. The average Bonchev–Trinajstić information content (AvgIpc) is 2.96. The van der Waals surface area contributed by atoms with Crippen molar-refractivity contribution < 1.29 is 19.4 Å². The van der Waals surface area contributed by atoms with Crippen LogP contribution in [0.4, 0.5) is 17.3 Å². The predicted octanol–water partition coefficient (Wildman–Crippen LogP) is 5.01. The number of carbonyl (C=O) groups is 2. The maximum atomic E-state index is 13.4. The Labute approximate surface area is 208 Å². The van der Waals surface area contributed by atoms with Crippen molar-refractivity contribution in [1.82, 2.24) is 9.97 Å². The van der Waals surface area contributed by atoms with Crippen LogP contribution in [0.5, 0.6) is 5.75 Å². The lowest BCUT2D eigenvalue weighted by molar-refractivity contribution is 0.0698. The molecular formula is C28H26N4O4. The molecule has 0 unspecified atom stereocenters. The van der Waals surface area contributed by atoms with E-state index in [-0.39, 0.29) is 11.5 Å². The number of benzene rings is 2. The van der Waals surface area contributed by atoms with E-state index >= 15 is 0 Å². The van der Waals surface area contributed by atoms with Crippen LogP contribution in [0.15, 0.2) is 60.8 Å². The Balaban J connectivity index is 1.41. The number of rotatable bonds is 6. The fourth-order valence-electron chi connectivity index (χ4n) is 4.56. The quantitative estimate of drug-likeness (QED) is 0.413. The second-order valence-electron chi connectivity index (χ2n) is 8.68. The molecule has 0 spiro atoms. The molecule has 182 valence electrons. The van der Waals surface area contributed by atoms with Crippen LogP contribution in [-0.4, -0.2) is 47.2 Å². The summed E-state index contributed by atoms with van der Waals surface area (Å²) in [4.78, 5) is 37.9. The van der Waals surface area contributed by atoms with Crippen LogP contribution in [0.1, 0.15) is 38.9 Å². The van der Waals surface area contributed by atoms with Crippen LogP contribution < -0.4 is 14.5 Å². The smallest absolute Gasteiger partial charge is 0.336 e. The summed E-state index contributed by atoms with van der Waals surface area (Å²) in [6.07, 6.45) is 2.30. The predicted molar refractivity (Wildman–Crippen MR) is 139 cm³/mol. The van der Waals surface area contributed by atoms with Crippen molar-refractivity contribution in [2.75, 3.05) is 30.0 Å². The minimum absolute atomic E-state index is 0.140. The summed E-state index contributed by atoms with van der Waals surface area (Å²) in [5.41, 5.74) is 3.24. The lowest BCUT2D eigenvalue weighted by Gasteiger charge is -2.23. The van der Waals surface area contributed by atoms with Gasteiger partial charge in [0.1, 0.15) is 11.6 Å². The maximum absolute atomic E-state index is 13.4. The van der Waals surface area contributed by atoms with Crippen LogP contribution in [0.3, 0.4) is 0 Å². The molecule has 36 heavy (non-hydrogen) atoms. The molecule has 3 heterocycles. The molecule has 1 amide bonds. The number of ether oxygens (including phenoxy) is 1. The van der Waals surface area contributed by atoms with Gasteiger partial charge in [0.05, 0.1) is 23.4 Å². The highest BCUT2D eigenvalue weighted by Crippen LogP contribution is 2.38. The number of pyridine rings is 2. The Morgan fingerprint density at radius 1 is 1.06 bits per heavy atom. The van der Waals surface area contributed by atoms with Gasteiger partial charge in [0, 0.05) is 37.3 Å². The number of hydrogen-bond donors (Lipinski definition) is 1. The first kappa shape index (κ1) is 23.3. The second-order valence-corrected chi connectivity index (χ2v) is 8.68. The van der Waals surface area contributed by atoms with E-state index in [1.807, 2.05) is 55.1 Å². The fraction of sp³-hybridized carbons (Fsp3) is 0.214. The molecule has 2 aromatic carbocycles. The van der Waals surface area contributed by atoms with Crippen LogP contribution >= 0.6 is 0 Å². The van der Waals surface area contributed by atoms with Gasteiger partial charge in [-0.1, -0.05) is 24.3 Å². The first-order valence-electron chi connectivity index (χ1n) is 11.8. The zero-order valence-electron chi connectivity index (χ0n) is 20.4. The van der Waals surface area contributed by atoms with Gasteiger partial charge < -0.3 is 19.6 Å². The molecule has 0 saturated carbocycles. The van der Waals surface area contributed by atoms with E-state index in [4.69, 9.17) is 9.72 Å². The van der Waals surface area contributed by atoms with Crippen LogP contribution in [0, 0.1) is 6.92 Å². The number of nitrogens with zero attached hydrogens (tertiary/aromatic N) is 4. The Kier molecular flexibility index (Phi) is 6.01. The molecule has 0 radical (unpaired) electrons. The van der Waals surface area contributed by atoms with Gasteiger partial charge in [0.15, 0.2) is 5.82 Å². The first-order chi connectivity index (χ1) is 17.4. The molecular weight excluding hydrogens is 456 g/mol. The minimum Gasteiger partial charge on any atom is -0.493 e. The van der Waals surface area contributed by atoms with E-state index in [1.165, 1.54) is 0 Å². The molecule has 1 N–H and O–H groups in total. The molecule has 8 nitrogen and oxygen atoms in total. The van der Waals surface area contributed by atoms with Gasteiger partial charge in [-0.2, -0.15) is 0 Å². The van der Waals surface area contributed by atoms with Crippen molar-refractivity contribution in [3.05, 3.63) is 83.2 Å². The molecule has 4 aromatic rings. The summed E-state index contributed by atoms with van der Waals surface area (Å²) in [7, 11) is 1.75. The SMILES string of the molecule is CCN1c2ncc(CCOc3ccc(C(=O)O)c4ccccc34)cc2C(=O)N(C)c2ccc(C)nc21. The Morgan fingerprint density at radius 3 is 2.58 bits per heavy atom. The Morgan fingerprint density at radius 2 is 1.83 bits per heavy atom. The summed E-state index contributed by atoms with van der Waals surface area (Å²) >= 11 is 0. The number of carboxylic acids is 1. The summed E-state index contributed by atoms with van der Waals surface area (Å²) in [6, 6.07) is 16.2. The van der Waals surface area contributed by atoms with Crippen molar-refractivity contribution in [3.8, 4) is 5.75 Å².